The molecule has 0 bridgehead atoms. The number of nitrogen functional groups attached to an aromatic ring is 1. The van der Waals surface area contributed by atoms with E-state index in [1.807, 2.05) is 17.6 Å². The lowest BCUT2D eigenvalue weighted by molar-refractivity contribution is 0.102. The topological polar surface area (TPSA) is 152 Å². The van der Waals surface area contributed by atoms with Crippen molar-refractivity contribution in [2.45, 2.75) is 26.8 Å². The van der Waals surface area contributed by atoms with Crippen molar-refractivity contribution in [1.29, 1.82) is 5.41 Å². The molecule has 0 unspecified atom stereocenters. The Bertz CT molecular complexity index is 1420. The number of carbonyl (C=O) groups excluding carboxylic acids is 1. The Morgan fingerprint density at radius 2 is 2.09 bits per heavy atom. The van der Waals surface area contributed by atoms with Crippen molar-refractivity contribution >= 4 is 45.8 Å². The molecule has 0 aliphatic rings. The van der Waals surface area contributed by atoms with Gasteiger partial charge in [0.2, 0.25) is 5.95 Å². The average molecular weight is 447 g/mol. The first-order chi connectivity index (χ1) is 15.9. The zero-order chi connectivity index (χ0) is 23.5. The molecule has 0 radical (unpaired) electrons. The molecule has 33 heavy (non-hydrogen) atoms. The summed E-state index contributed by atoms with van der Waals surface area (Å²) in [5.41, 5.74) is 9.82. The van der Waals surface area contributed by atoms with Gasteiger partial charge in [0, 0.05) is 42.8 Å². The third kappa shape index (κ3) is 4.46. The highest BCUT2D eigenvalue weighted by atomic mass is 16.5. The maximum atomic E-state index is 13.0. The highest BCUT2D eigenvalue weighted by Crippen LogP contribution is 2.25. The third-order valence-corrected chi connectivity index (χ3v) is 5.33. The van der Waals surface area contributed by atoms with Gasteiger partial charge in [-0.15, -0.1) is 0 Å². The molecule has 2 aromatic heterocycles. The van der Waals surface area contributed by atoms with E-state index in [4.69, 9.17) is 15.9 Å². The summed E-state index contributed by atoms with van der Waals surface area (Å²) in [4.78, 5) is 36.8. The molecule has 0 aliphatic heterocycles. The molecule has 2 heterocycles. The molecule has 1 amide bonds. The first-order valence-electron chi connectivity index (χ1n) is 10.6. The zero-order valence-corrected chi connectivity index (χ0v) is 18.4. The Hall–Kier alpha value is -4.05. The monoisotopic (exact) mass is 447 g/mol. The first kappa shape index (κ1) is 22.2. The number of aromatic nitrogens is 4. The van der Waals surface area contributed by atoms with Crippen LogP contribution in [0.5, 0.6) is 0 Å². The van der Waals surface area contributed by atoms with Crippen LogP contribution in [0.4, 0.5) is 11.6 Å². The van der Waals surface area contributed by atoms with Crippen LogP contribution in [0.2, 0.25) is 0 Å². The highest BCUT2D eigenvalue weighted by molar-refractivity contribution is 6.06. The van der Waals surface area contributed by atoms with Crippen LogP contribution in [0.25, 0.3) is 22.1 Å². The van der Waals surface area contributed by atoms with E-state index in [1.165, 1.54) is 0 Å². The molecule has 0 atom stereocenters. The number of benzene rings is 2. The number of anilines is 2. The molecule has 10 nitrogen and oxygen atoms in total. The van der Waals surface area contributed by atoms with Gasteiger partial charge in [-0.2, -0.15) is 0 Å². The van der Waals surface area contributed by atoms with Crippen LogP contribution in [0.1, 0.15) is 35.0 Å². The number of ether oxygens (including phenoxy) is 1. The molecule has 0 fully saturated rings. The second-order valence-electron chi connectivity index (χ2n) is 7.59. The Kier molecular flexibility index (Phi) is 6.18. The van der Waals surface area contributed by atoms with E-state index < -0.39 is 0 Å². The molecule has 0 saturated carbocycles. The zero-order valence-electron chi connectivity index (χ0n) is 18.4. The van der Waals surface area contributed by atoms with E-state index >= 15 is 0 Å². The van der Waals surface area contributed by atoms with Crippen LogP contribution in [-0.2, 0) is 11.3 Å². The van der Waals surface area contributed by atoms with E-state index in [2.05, 4.69) is 20.3 Å². The van der Waals surface area contributed by atoms with Crippen LogP contribution >= 0.6 is 0 Å². The molecule has 0 saturated heterocycles. The number of fused-ring (bicyclic) bond motifs is 2. The maximum Gasteiger partial charge on any atom is 0.269 e. The highest BCUT2D eigenvalue weighted by Gasteiger charge is 2.17. The van der Waals surface area contributed by atoms with Crippen molar-refractivity contribution in [3.05, 3.63) is 57.5 Å². The molecule has 4 rings (SSSR count). The Labute approximate surface area is 189 Å². The molecule has 5 N–H and O–H groups in total. The Morgan fingerprint density at radius 3 is 2.85 bits per heavy atom. The predicted molar refractivity (Wildman–Crippen MR) is 128 cm³/mol. The molecule has 0 aliphatic carbocycles. The number of amides is 1. The standard InChI is InChI=1S/C23H25N7O3/c1-3-33-8-4-7-30-20-11-18-17(27-21(31)13(2)26-18)10-19(20)28-23(30)29-22(32)14-5-6-16(25)15(9-14)12-24/h5-6,9-12,24H,3-4,7-8,25H2,1-2H3,(H,27,31)(H,28,29,32). The van der Waals surface area contributed by atoms with Crippen LogP contribution in [0.3, 0.4) is 0 Å². The smallest absolute Gasteiger partial charge is 0.269 e. The number of nitrogens with zero attached hydrogens (tertiary/aromatic N) is 3. The second kappa shape index (κ2) is 9.21. The molecular weight excluding hydrogens is 422 g/mol. The van der Waals surface area contributed by atoms with Gasteiger partial charge in [-0.25, -0.2) is 9.97 Å². The molecule has 4 aromatic rings. The van der Waals surface area contributed by atoms with Crippen molar-refractivity contribution in [3.8, 4) is 0 Å². The number of H-pyrrole nitrogens is 1. The van der Waals surface area contributed by atoms with Gasteiger partial charge in [0.05, 0.1) is 22.1 Å². The predicted octanol–water partition coefficient (Wildman–Crippen LogP) is 2.84. The van der Waals surface area contributed by atoms with Crippen LogP contribution < -0.4 is 16.6 Å². The van der Waals surface area contributed by atoms with E-state index in [9.17, 15) is 9.59 Å². The minimum atomic E-state index is -0.369. The lowest BCUT2D eigenvalue weighted by Gasteiger charge is -2.11. The number of imidazole rings is 1. The summed E-state index contributed by atoms with van der Waals surface area (Å²) in [6.45, 7) is 5.36. The number of aryl methyl sites for hydroxylation is 2. The van der Waals surface area contributed by atoms with Gasteiger partial charge in [-0.3, -0.25) is 14.9 Å². The van der Waals surface area contributed by atoms with Crippen LogP contribution in [-0.4, -0.2) is 44.9 Å². The number of aromatic amines is 1. The number of rotatable bonds is 8. The van der Waals surface area contributed by atoms with Gasteiger partial charge >= 0.3 is 0 Å². The van der Waals surface area contributed by atoms with Crippen molar-refractivity contribution in [2.24, 2.45) is 0 Å². The largest absolute Gasteiger partial charge is 0.398 e. The summed E-state index contributed by atoms with van der Waals surface area (Å²) >= 11 is 0. The fourth-order valence-electron chi connectivity index (χ4n) is 3.60. The summed E-state index contributed by atoms with van der Waals surface area (Å²) in [7, 11) is 0. The summed E-state index contributed by atoms with van der Waals surface area (Å²) < 4.78 is 7.37. The number of hydrogen-bond acceptors (Lipinski definition) is 7. The van der Waals surface area contributed by atoms with Crippen molar-refractivity contribution < 1.29 is 9.53 Å². The van der Waals surface area contributed by atoms with Gasteiger partial charge in [-0.05, 0) is 50.6 Å². The van der Waals surface area contributed by atoms with E-state index in [0.717, 1.165) is 18.2 Å². The number of carbonyl (C=O) groups is 1. The lowest BCUT2D eigenvalue weighted by Crippen LogP contribution is -2.17. The van der Waals surface area contributed by atoms with Gasteiger partial charge in [0.1, 0.15) is 5.69 Å². The lowest BCUT2D eigenvalue weighted by atomic mass is 10.1. The quantitative estimate of drug-likeness (QED) is 0.185. The van der Waals surface area contributed by atoms with Gasteiger partial charge in [0.25, 0.3) is 11.5 Å². The van der Waals surface area contributed by atoms with E-state index in [1.54, 1.807) is 31.2 Å². The molecular formula is C23H25N7O3. The summed E-state index contributed by atoms with van der Waals surface area (Å²) in [6.07, 6.45) is 1.83. The molecule has 0 spiro atoms. The van der Waals surface area contributed by atoms with E-state index in [0.29, 0.717) is 64.8 Å². The number of nitrogens with two attached hydrogens (primary N) is 1. The Morgan fingerprint density at radius 1 is 1.27 bits per heavy atom. The number of nitrogens with one attached hydrogen (secondary N) is 3. The summed E-state index contributed by atoms with van der Waals surface area (Å²) in [6, 6.07) is 8.37. The van der Waals surface area contributed by atoms with Gasteiger partial charge < -0.3 is 25.4 Å². The second-order valence-corrected chi connectivity index (χ2v) is 7.59. The van der Waals surface area contributed by atoms with E-state index in [-0.39, 0.29) is 11.5 Å². The van der Waals surface area contributed by atoms with Crippen LogP contribution in [0, 0.1) is 12.3 Å². The minimum absolute atomic E-state index is 0.253. The Balaban J connectivity index is 1.76. The fourth-order valence-corrected chi connectivity index (χ4v) is 3.60. The van der Waals surface area contributed by atoms with Crippen molar-refractivity contribution in [3.63, 3.8) is 0 Å². The maximum absolute atomic E-state index is 13.0. The van der Waals surface area contributed by atoms with Crippen LogP contribution in [0.15, 0.2) is 35.1 Å². The average Bonchev–Trinajstić information content (AvgIpc) is 3.12. The summed E-state index contributed by atoms with van der Waals surface area (Å²) in [5.74, 6) is 0.000460. The minimum Gasteiger partial charge on any atom is -0.398 e. The fraction of sp³-hybridized carbons (Fsp3) is 0.261. The normalized spacial score (nSPS) is 11.2. The third-order valence-electron chi connectivity index (χ3n) is 5.33. The molecule has 2 aromatic carbocycles. The van der Waals surface area contributed by atoms with Crippen molar-refractivity contribution in [2.75, 3.05) is 24.3 Å². The van der Waals surface area contributed by atoms with Gasteiger partial charge in [0.15, 0.2) is 0 Å². The van der Waals surface area contributed by atoms with Gasteiger partial charge in [-0.1, -0.05) is 0 Å². The summed E-state index contributed by atoms with van der Waals surface area (Å²) in [5, 5.41) is 10.3. The first-order valence-corrected chi connectivity index (χ1v) is 10.6. The SMILES string of the molecule is CCOCCCn1c(NC(=O)c2ccc(N)c(C=N)c2)nc2cc3[nH]c(=O)c(C)nc3cc21. The molecule has 170 valence electrons. The van der Waals surface area contributed by atoms with Crippen molar-refractivity contribution in [1.82, 2.24) is 19.5 Å². The number of hydrogen-bond donors (Lipinski definition) is 4. The molecule has 10 heteroatoms.